The predicted molar refractivity (Wildman–Crippen MR) is 367 cm³/mol. The van der Waals surface area contributed by atoms with Gasteiger partial charge in [-0.3, -0.25) is 0 Å². The second-order valence-corrected chi connectivity index (χ2v) is 23.8. The maximum absolute atomic E-state index is 6.87. The summed E-state index contributed by atoms with van der Waals surface area (Å²) in [5, 5.41) is 0. The van der Waals surface area contributed by atoms with Gasteiger partial charge in [-0.15, -0.1) is 0 Å². The molecule has 0 N–H and O–H groups in total. The van der Waals surface area contributed by atoms with Crippen molar-refractivity contribution in [1.82, 2.24) is 0 Å². The van der Waals surface area contributed by atoms with Crippen molar-refractivity contribution in [2.45, 2.75) is 10.8 Å². The molecule has 4 heterocycles. The fraction of sp³-hybridized carbons (Fsp3) is 0.0233. The van der Waals surface area contributed by atoms with Crippen LogP contribution in [0.1, 0.15) is 44.5 Å². The van der Waals surface area contributed by atoms with Crippen LogP contribution in [-0.4, -0.2) is 0 Å². The Kier molecular flexibility index (Phi) is 11.7. The van der Waals surface area contributed by atoms with E-state index in [1.807, 2.05) is 0 Å². The molecule has 90 heavy (non-hydrogen) atoms. The van der Waals surface area contributed by atoms with Gasteiger partial charge < -0.3 is 19.3 Å². The summed E-state index contributed by atoms with van der Waals surface area (Å²) in [4.78, 5) is 4.96. The van der Waals surface area contributed by atoms with E-state index in [0.29, 0.717) is 0 Å². The normalized spacial score (nSPS) is 13.9. The molecule has 4 aliphatic rings. The summed E-state index contributed by atoms with van der Waals surface area (Å²) in [5.41, 5.74) is 25.8. The standard InChI is InChI=1S/C86H56N2O2/c1-5-21-57(22-6-1)63-41-49-77-73(53-63)85(69-29-13-17-33-81(69)89-82-34-18-14-30-70(82)85)74-54-64(58-23-7-2-8-24-58)42-50-78(74)87(77)67-45-37-61(38-46-67)62-39-47-68(48-40-62)88-79-51-43-65(59-25-9-3-10-26-59)55-75(79)86(76-56-66(44-52-80(76)88)60-27-11-4-12-28-60)71-31-15-19-35-83(71)90-84-36-20-16-32-72(84)86/h1-56H. The molecule has 4 aliphatic heterocycles. The molecule has 14 aromatic rings. The first kappa shape index (κ1) is 51.5. The summed E-state index contributed by atoms with van der Waals surface area (Å²) in [7, 11) is 0. The van der Waals surface area contributed by atoms with Crippen LogP contribution in [0.25, 0.3) is 55.6 Å². The topological polar surface area (TPSA) is 24.9 Å². The van der Waals surface area contributed by atoms with E-state index in [0.717, 1.165) is 135 Å². The molecular formula is C86H56N2O2. The minimum Gasteiger partial charge on any atom is -0.457 e. The average Bonchev–Trinajstić information content (AvgIpc) is 0.691. The molecule has 0 bridgehead atoms. The van der Waals surface area contributed by atoms with Crippen molar-refractivity contribution in [3.05, 3.63) is 384 Å². The van der Waals surface area contributed by atoms with Crippen molar-refractivity contribution in [2.75, 3.05) is 9.80 Å². The smallest absolute Gasteiger partial charge is 0.132 e. The summed E-state index contributed by atoms with van der Waals surface area (Å²) in [6.07, 6.45) is 0. The monoisotopic (exact) mass is 1150 g/mol. The third kappa shape index (κ3) is 7.74. The van der Waals surface area contributed by atoms with Crippen LogP contribution in [0.3, 0.4) is 0 Å². The Balaban J connectivity index is 0.791. The highest BCUT2D eigenvalue weighted by atomic mass is 16.5. The second-order valence-electron chi connectivity index (χ2n) is 23.8. The van der Waals surface area contributed by atoms with Gasteiger partial charge in [0, 0.05) is 33.6 Å². The van der Waals surface area contributed by atoms with Crippen LogP contribution in [0.15, 0.2) is 340 Å². The highest BCUT2D eigenvalue weighted by Gasteiger charge is 2.53. The number of hydrogen-bond donors (Lipinski definition) is 0. The number of fused-ring (bicyclic) bond motifs is 16. The van der Waals surface area contributed by atoms with Crippen LogP contribution in [0.5, 0.6) is 23.0 Å². The molecule has 0 radical (unpaired) electrons. The van der Waals surface area contributed by atoms with Gasteiger partial charge in [-0.25, -0.2) is 0 Å². The van der Waals surface area contributed by atoms with Gasteiger partial charge in [0.25, 0.3) is 0 Å². The zero-order valence-corrected chi connectivity index (χ0v) is 49.0. The molecule has 0 saturated carbocycles. The van der Waals surface area contributed by atoms with Crippen LogP contribution >= 0.6 is 0 Å². The van der Waals surface area contributed by atoms with Gasteiger partial charge in [-0.2, -0.15) is 0 Å². The van der Waals surface area contributed by atoms with Gasteiger partial charge in [-0.1, -0.05) is 243 Å². The maximum atomic E-state index is 6.87. The molecule has 4 heteroatoms. The van der Waals surface area contributed by atoms with E-state index >= 15 is 0 Å². The summed E-state index contributed by atoms with van der Waals surface area (Å²) in [6.45, 7) is 0. The fourth-order valence-electron chi connectivity index (χ4n) is 15.2. The van der Waals surface area contributed by atoms with E-state index in [1.54, 1.807) is 0 Å². The molecule has 0 amide bonds. The Morgan fingerprint density at radius 1 is 0.178 bits per heavy atom. The van der Waals surface area contributed by atoms with E-state index in [2.05, 4.69) is 350 Å². The van der Waals surface area contributed by atoms with Crippen molar-refractivity contribution >= 4 is 34.1 Å². The molecule has 0 fully saturated rings. The molecule has 2 spiro atoms. The van der Waals surface area contributed by atoms with Crippen molar-refractivity contribution < 1.29 is 9.47 Å². The predicted octanol–water partition coefficient (Wildman–Crippen LogP) is 22.6. The number of para-hydroxylation sites is 4. The molecular weight excluding hydrogens is 1090 g/mol. The lowest BCUT2D eigenvalue weighted by Crippen LogP contribution is -2.39. The van der Waals surface area contributed by atoms with Crippen LogP contribution < -0.4 is 19.3 Å². The largest absolute Gasteiger partial charge is 0.457 e. The van der Waals surface area contributed by atoms with E-state index < -0.39 is 10.8 Å². The number of anilines is 6. The van der Waals surface area contributed by atoms with Gasteiger partial charge in [0.05, 0.1) is 33.6 Å². The molecule has 0 aliphatic carbocycles. The molecule has 0 unspecified atom stereocenters. The minimum absolute atomic E-state index is 0.742. The third-order valence-corrected chi connectivity index (χ3v) is 19.2. The lowest BCUT2D eigenvalue weighted by atomic mass is 9.60. The molecule has 422 valence electrons. The van der Waals surface area contributed by atoms with E-state index in [4.69, 9.17) is 9.47 Å². The molecule has 18 rings (SSSR count). The first-order chi connectivity index (χ1) is 44.6. The lowest BCUT2D eigenvalue weighted by Gasteiger charge is -2.49. The SMILES string of the molecule is c1ccc(-c2ccc3c(c2)C2(c4ccccc4Oc4ccccc42)c2cc(-c4ccccc4)ccc2N3c2ccc(-c3ccc(N4c5ccc(-c6ccccc6)cc5C5(c6ccccc6Oc6ccccc65)c5cc(-c6ccccc6)ccc54)cc3)cc2)cc1. The van der Waals surface area contributed by atoms with Crippen LogP contribution in [0.4, 0.5) is 34.1 Å². The Labute approximate surface area is 524 Å². The van der Waals surface area contributed by atoms with E-state index in [-0.39, 0.29) is 0 Å². The third-order valence-electron chi connectivity index (χ3n) is 19.2. The van der Waals surface area contributed by atoms with E-state index in [9.17, 15) is 0 Å². The Morgan fingerprint density at radius 3 is 0.644 bits per heavy atom. The molecule has 0 aromatic heterocycles. The first-order valence-electron chi connectivity index (χ1n) is 31.0. The number of ether oxygens (including phenoxy) is 2. The summed E-state index contributed by atoms with van der Waals surface area (Å²) < 4.78 is 13.7. The minimum atomic E-state index is -0.742. The van der Waals surface area contributed by atoms with Gasteiger partial charge >= 0.3 is 0 Å². The fourth-order valence-corrected chi connectivity index (χ4v) is 15.2. The summed E-state index contributed by atoms with van der Waals surface area (Å²) in [5.74, 6) is 3.43. The van der Waals surface area contributed by atoms with Crippen LogP contribution in [-0.2, 0) is 10.8 Å². The number of hydrogen-bond acceptors (Lipinski definition) is 4. The Morgan fingerprint density at radius 2 is 0.389 bits per heavy atom. The summed E-state index contributed by atoms with van der Waals surface area (Å²) in [6, 6.07) is 124. The molecule has 4 nitrogen and oxygen atoms in total. The lowest BCUT2D eigenvalue weighted by molar-refractivity contribution is 0.434. The number of nitrogens with zero attached hydrogens (tertiary/aromatic N) is 2. The highest BCUT2D eigenvalue weighted by molar-refractivity contribution is 5.96. The van der Waals surface area contributed by atoms with Gasteiger partial charge in [0.15, 0.2) is 0 Å². The van der Waals surface area contributed by atoms with Crippen molar-refractivity contribution in [3.8, 4) is 78.6 Å². The summed E-state index contributed by atoms with van der Waals surface area (Å²) >= 11 is 0. The van der Waals surface area contributed by atoms with E-state index in [1.165, 1.54) is 22.3 Å². The van der Waals surface area contributed by atoms with Gasteiger partial charge in [0.2, 0.25) is 0 Å². The zero-order valence-electron chi connectivity index (χ0n) is 49.0. The number of benzene rings is 14. The van der Waals surface area contributed by atoms with Crippen LogP contribution in [0.2, 0.25) is 0 Å². The van der Waals surface area contributed by atoms with Gasteiger partial charge in [-0.05, 0) is 175 Å². The highest BCUT2D eigenvalue weighted by Crippen LogP contribution is 2.66. The van der Waals surface area contributed by atoms with Crippen molar-refractivity contribution in [3.63, 3.8) is 0 Å². The average molecular weight is 1150 g/mol. The Hall–Kier alpha value is -11.7. The zero-order chi connectivity index (χ0) is 59.3. The maximum Gasteiger partial charge on any atom is 0.132 e. The second kappa shape index (κ2) is 20.5. The quantitative estimate of drug-likeness (QED) is 0.159. The molecule has 0 atom stereocenters. The van der Waals surface area contributed by atoms with Crippen molar-refractivity contribution in [1.29, 1.82) is 0 Å². The molecule has 14 aromatic carbocycles. The number of rotatable bonds is 7. The Bertz CT molecular complexity index is 4520. The molecule has 0 saturated heterocycles. The first-order valence-corrected chi connectivity index (χ1v) is 31.0. The van der Waals surface area contributed by atoms with Gasteiger partial charge in [0.1, 0.15) is 23.0 Å². The van der Waals surface area contributed by atoms with Crippen molar-refractivity contribution in [2.24, 2.45) is 0 Å². The van der Waals surface area contributed by atoms with Crippen LogP contribution in [0, 0.1) is 0 Å².